The van der Waals surface area contributed by atoms with Crippen LogP contribution in [0.25, 0.3) is 0 Å². The first kappa shape index (κ1) is 17.0. The Labute approximate surface area is 121 Å². The largest absolute Gasteiger partial charge is 0.480 e. The zero-order valence-electron chi connectivity index (χ0n) is 12.1. The highest BCUT2D eigenvalue weighted by Gasteiger charge is 2.34. The Bertz CT molecular complexity index is 527. The van der Waals surface area contributed by atoms with Crippen LogP contribution in [0, 0.1) is 11.6 Å². The summed E-state index contributed by atoms with van der Waals surface area (Å²) in [4.78, 5) is 24.5. The van der Waals surface area contributed by atoms with Crippen LogP contribution >= 0.6 is 0 Å². The third kappa shape index (κ3) is 4.49. The number of aliphatic carboxylic acids is 1. The molecular formula is C14H18F2N2O3. The van der Waals surface area contributed by atoms with Crippen molar-refractivity contribution >= 4 is 17.6 Å². The first-order valence-corrected chi connectivity index (χ1v) is 6.41. The van der Waals surface area contributed by atoms with Gasteiger partial charge in [0.15, 0.2) is 0 Å². The van der Waals surface area contributed by atoms with Gasteiger partial charge in [-0.05, 0) is 32.5 Å². The fraction of sp³-hybridized carbons (Fsp3) is 0.429. The summed E-state index contributed by atoms with van der Waals surface area (Å²) in [5, 5.41) is 11.5. The van der Waals surface area contributed by atoms with Gasteiger partial charge in [-0.25, -0.2) is 8.78 Å². The van der Waals surface area contributed by atoms with Crippen molar-refractivity contribution in [3.8, 4) is 0 Å². The molecule has 2 N–H and O–H groups in total. The van der Waals surface area contributed by atoms with Crippen LogP contribution in [0.1, 0.15) is 20.8 Å². The molecule has 0 aliphatic heterocycles. The maximum atomic E-state index is 13.0. The highest BCUT2D eigenvalue weighted by atomic mass is 19.1. The lowest BCUT2D eigenvalue weighted by atomic mass is 10.0. The third-order valence-corrected chi connectivity index (χ3v) is 3.18. The fourth-order valence-corrected chi connectivity index (χ4v) is 1.84. The van der Waals surface area contributed by atoms with E-state index in [0.29, 0.717) is 12.6 Å². The number of carboxylic acids is 1. The third-order valence-electron chi connectivity index (χ3n) is 3.18. The zero-order valence-corrected chi connectivity index (χ0v) is 12.1. The van der Waals surface area contributed by atoms with Gasteiger partial charge in [-0.1, -0.05) is 6.92 Å². The SMILES string of the molecule is CCN(CC(=O)Nc1cc(F)cc(F)c1)C(C)(C)C(=O)O. The summed E-state index contributed by atoms with van der Waals surface area (Å²) in [5.74, 6) is -3.21. The van der Waals surface area contributed by atoms with Gasteiger partial charge in [0.1, 0.15) is 17.2 Å². The molecule has 1 amide bonds. The van der Waals surface area contributed by atoms with Crippen molar-refractivity contribution in [3.63, 3.8) is 0 Å². The van der Waals surface area contributed by atoms with Gasteiger partial charge >= 0.3 is 5.97 Å². The quantitative estimate of drug-likeness (QED) is 0.844. The molecule has 7 heteroatoms. The molecule has 0 aliphatic carbocycles. The summed E-state index contributed by atoms with van der Waals surface area (Å²) in [7, 11) is 0. The van der Waals surface area contributed by atoms with Gasteiger partial charge in [-0.15, -0.1) is 0 Å². The summed E-state index contributed by atoms with van der Waals surface area (Å²) in [6.45, 7) is 4.82. The Kier molecular flexibility index (Phi) is 5.37. The highest BCUT2D eigenvalue weighted by Crippen LogP contribution is 2.16. The van der Waals surface area contributed by atoms with E-state index >= 15 is 0 Å². The van der Waals surface area contributed by atoms with Crippen LogP contribution in [0.5, 0.6) is 0 Å². The van der Waals surface area contributed by atoms with E-state index in [1.807, 2.05) is 0 Å². The predicted octanol–water partition coefficient (Wildman–Crippen LogP) is 2.09. The number of carbonyl (C=O) groups is 2. The van der Waals surface area contributed by atoms with Crippen LogP contribution in [0.4, 0.5) is 14.5 Å². The molecule has 0 saturated carbocycles. The van der Waals surface area contributed by atoms with Crippen LogP contribution in [0.3, 0.4) is 0 Å². The maximum Gasteiger partial charge on any atom is 0.323 e. The van der Waals surface area contributed by atoms with Crippen molar-refractivity contribution < 1.29 is 23.5 Å². The molecule has 0 unspecified atom stereocenters. The molecule has 0 heterocycles. The standard InChI is InChI=1S/C14H18F2N2O3/c1-4-18(14(2,3)13(20)21)8-12(19)17-11-6-9(15)5-10(16)7-11/h5-7H,4,8H2,1-3H3,(H,17,19)(H,20,21). The second kappa shape index (κ2) is 6.62. The van der Waals surface area contributed by atoms with Crippen molar-refractivity contribution in [2.75, 3.05) is 18.4 Å². The summed E-state index contributed by atoms with van der Waals surface area (Å²) in [6, 6.07) is 2.67. The first-order valence-electron chi connectivity index (χ1n) is 6.41. The van der Waals surface area contributed by atoms with Gasteiger partial charge in [-0.2, -0.15) is 0 Å². The molecule has 1 aromatic carbocycles. The van der Waals surface area contributed by atoms with Crippen LogP contribution in [-0.4, -0.2) is 40.5 Å². The summed E-state index contributed by atoms with van der Waals surface area (Å²) in [6.07, 6.45) is 0. The molecular weight excluding hydrogens is 282 g/mol. The van der Waals surface area contributed by atoms with Crippen LogP contribution in [0.2, 0.25) is 0 Å². The lowest BCUT2D eigenvalue weighted by Gasteiger charge is -2.33. The molecule has 0 spiro atoms. The molecule has 0 bridgehead atoms. The second-order valence-electron chi connectivity index (χ2n) is 5.08. The minimum atomic E-state index is -1.22. The molecule has 1 rings (SSSR count). The molecule has 0 radical (unpaired) electrons. The van der Waals surface area contributed by atoms with E-state index in [1.54, 1.807) is 6.92 Å². The Balaban J connectivity index is 2.78. The predicted molar refractivity (Wildman–Crippen MR) is 73.9 cm³/mol. The van der Waals surface area contributed by atoms with Gasteiger partial charge in [0.25, 0.3) is 0 Å². The summed E-state index contributed by atoms with van der Waals surface area (Å²) < 4.78 is 26.0. The minimum absolute atomic E-state index is 0.0123. The number of carbonyl (C=O) groups excluding carboxylic acids is 1. The number of hydrogen-bond acceptors (Lipinski definition) is 3. The maximum absolute atomic E-state index is 13.0. The lowest BCUT2D eigenvalue weighted by molar-refractivity contribution is -0.149. The van der Waals surface area contributed by atoms with Gasteiger partial charge in [0.05, 0.1) is 6.54 Å². The second-order valence-corrected chi connectivity index (χ2v) is 5.08. The van der Waals surface area contributed by atoms with Crippen molar-refractivity contribution in [1.29, 1.82) is 0 Å². The van der Waals surface area contributed by atoms with Crippen molar-refractivity contribution in [3.05, 3.63) is 29.8 Å². The van der Waals surface area contributed by atoms with Crippen molar-refractivity contribution in [2.45, 2.75) is 26.3 Å². The Morgan fingerprint density at radius 2 is 1.76 bits per heavy atom. The summed E-state index contributed by atoms with van der Waals surface area (Å²) in [5.41, 5.74) is -1.24. The molecule has 0 fully saturated rings. The summed E-state index contributed by atoms with van der Waals surface area (Å²) >= 11 is 0. The van der Waals surface area contributed by atoms with E-state index in [1.165, 1.54) is 18.7 Å². The fourth-order valence-electron chi connectivity index (χ4n) is 1.84. The van der Waals surface area contributed by atoms with Crippen LogP contribution in [-0.2, 0) is 9.59 Å². The lowest BCUT2D eigenvalue weighted by Crippen LogP contribution is -2.52. The van der Waals surface area contributed by atoms with Gasteiger partial charge in [0, 0.05) is 11.8 Å². The number of benzene rings is 1. The van der Waals surface area contributed by atoms with Crippen molar-refractivity contribution in [1.82, 2.24) is 4.90 Å². The molecule has 1 aromatic rings. The normalized spacial score (nSPS) is 11.5. The smallest absolute Gasteiger partial charge is 0.323 e. The highest BCUT2D eigenvalue weighted by molar-refractivity contribution is 5.92. The molecule has 116 valence electrons. The Morgan fingerprint density at radius 1 is 1.24 bits per heavy atom. The van der Waals surface area contributed by atoms with Gasteiger partial charge in [-0.3, -0.25) is 14.5 Å². The molecule has 0 atom stereocenters. The number of halogens is 2. The number of nitrogens with zero attached hydrogens (tertiary/aromatic N) is 1. The van der Waals surface area contributed by atoms with E-state index in [9.17, 15) is 18.4 Å². The average molecular weight is 300 g/mol. The first-order chi connectivity index (χ1) is 9.66. The van der Waals surface area contributed by atoms with Crippen LogP contribution in [0.15, 0.2) is 18.2 Å². The Morgan fingerprint density at radius 3 is 2.19 bits per heavy atom. The molecule has 0 aliphatic rings. The number of hydrogen-bond donors (Lipinski definition) is 2. The van der Waals surface area contributed by atoms with Gasteiger partial charge in [0.2, 0.25) is 5.91 Å². The van der Waals surface area contributed by atoms with E-state index in [-0.39, 0.29) is 12.2 Å². The van der Waals surface area contributed by atoms with Crippen LogP contribution < -0.4 is 5.32 Å². The topological polar surface area (TPSA) is 69.6 Å². The zero-order chi connectivity index (χ0) is 16.2. The number of rotatable bonds is 6. The van der Waals surface area contributed by atoms with E-state index in [0.717, 1.165) is 12.1 Å². The van der Waals surface area contributed by atoms with E-state index in [2.05, 4.69) is 5.32 Å². The average Bonchev–Trinajstić information content (AvgIpc) is 2.34. The molecule has 0 saturated heterocycles. The number of anilines is 1. The number of nitrogens with one attached hydrogen (secondary N) is 1. The Hall–Kier alpha value is -2.02. The molecule has 5 nitrogen and oxygen atoms in total. The van der Waals surface area contributed by atoms with Gasteiger partial charge < -0.3 is 10.4 Å². The number of carboxylic acid groups (broad SMARTS) is 1. The molecule has 21 heavy (non-hydrogen) atoms. The van der Waals surface area contributed by atoms with Crippen molar-refractivity contribution in [2.24, 2.45) is 0 Å². The minimum Gasteiger partial charge on any atom is -0.480 e. The molecule has 0 aromatic heterocycles. The van der Waals surface area contributed by atoms with E-state index in [4.69, 9.17) is 5.11 Å². The monoisotopic (exact) mass is 300 g/mol. The number of likely N-dealkylation sites (N-methyl/N-ethyl adjacent to an activating group) is 1. The number of amides is 1. The van der Waals surface area contributed by atoms with E-state index < -0.39 is 29.0 Å².